The average molecular weight is 515 g/mol. The Morgan fingerprint density at radius 3 is 2.65 bits per heavy atom. The van der Waals surface area contributed by atoms with Crippen molar-refractivity contribution in [2.24, 2.45) is 0 Å². The second kappa shape index (κ2) is 9.09. The third-order valence-corrected chi connectivity index (χ3v) is 6.05. The number of fused-ring (bicyclic) bond motifs is 1. The number of aromatic nitrogens is 8. The summed E-state index contributed by atoms with van der Waals surface area (Å²) in [5.41, 5.74) is -0.511. The molecule has 1 aliphatic heterocycles. The molecule has 1 atom stereocenters. The summed E-state index contributed by atoms with van der Waals surface area (Å²) in [6, 6.07) is 1.59. The minimum absolute atomic E-state index is 0.143. The predicted octanol–water partition coefficient (Wildman–Crippen LogP) is 2.95. The van der Waals surface area contributed by atoms with Crippen molar-refractivity contribution in [1.82, 2.24) is 44.6 Å². The molecule has 1 N–H and O–H groups in total. The summed E-state index contributed by atoms with van der Waals surface area (Å²) >= 11 is 0. The number of nitrogens with one attached hydrogen (secondary N) is 1. The lowest BCUT2D eigenvalue weighted by atomic mass is 10.1. The van der Waals surface area contributed by atoms with Gasteiger partial charge in [0.25, 0.3) is 5.91 Å². The average Bonchev–Trinajstić information content (AvgIpc) is 3.51. The Kier molecular flexibility index (Phi) is 6.04. The van der Waals surface area contributed by atoms with Crippen LogP contribution in [0.15, 0.2) is 37.1 Å². The monoisotopic (exact) mass is 514 g/mol. The maximum absolute atomic E-state index is 13.2. The van der Waals surface area contributed by atoms with Crippen LogP contribution in [0.25, 0.3) is 17.2 Å². The van der Waals surface area contributed by atoms with Crippen LogP contribution in [0.5, 0.6) is 0 Å². The first-order valence-corrected chi connectivity index (χ1v) is 11.7. The van der Waals surface area contributed by atoms with E-state index in [0.29, 0.717) is 24.6 Å². The van der Waals surface area contributed by atoms with Gasteiger partial charge in [-0.3, -0.25) is 9.20 Å². The maximum atomic E-state index is 13.2. The number of hydrogen-bond donors (Lipinski definition) is 1. The van der Waals surface area contributed by atoms with Crippen LogP contribution in [0.2, 0.25) is 0 Å². The van der Waals surface area contributed by atoms with Gasteiger partial charge < -0.3 is 10.2 Å². The molecule has 0 bridgehead atoms. The fraction of sp³-hybridized carbons (Fsp3) is 0.435. The van der Waals surface area contributed by atoms with Crippen LogP contribution in [0.4, 0.5) is 19.0 Å². The Hall–Kier alpha value is -4.10. The van der Waals surface area contributed by atoms with Crippen molar-refractivity contribution >= 4 is 17.4 Å². The first-order chi connectivity index (χ1) is 17.5. The highest BCUT2D eigenvalue weighted by molar-refractivity contribution is 5.92. The van der Waals surface area contributed by atoms with Gasteiger partial charge in [-0.15, -0.1) is 5.10 Å². The standard InChI is InChI=1S/C23H25F3N10O/c1-22(2,3)36-12-15(32-33-36)21(37)30-14-5-4-8-34(11-14)18-6-7-27-20(31-18)16-9-29-19-10-28-17(13-35(16)19)23(24,25)26/h6-7,9-10,12-14H,4-5,8,11H2,1-3H3,(H,30,37)/t14-/m0/s1. The molecule has 4 aromatic rings. The van der Waals surface area contributed by atoms with Gasteiger partial charge in [-0.25, -0.2) is 24.6 Å². The molecule has 37 heavy (non-hydrogen) atoms. The molecule has 0 radical (unpaired) electrons. The van der Waals surface area contributed by atoms with E-state index in [-0.39, 0.29) is 34.7 Å². The smallest absolute Gasteiger partial charge is 0.354 e. The number of carbonyl (C=O) groups excluding carboxylic acids is 1. The quantitative estimate of drug-likeness (QED) is 0.442. The van der Waals surface area contributed by atoms with Crippen LogP contribution in [0.1, 0.15) is 49.8 Å². The SMILES string of the molecule is CC(C)(C)n1cc(C(=O)N[C@H]2CCCN(c3ccnc(-c4cnc5cnc(C(F)(F)F)cn45)n3)C2)nn1. The highest BCUT2D eigenvalue weighted by Gasteiger charge is 2.33. The van der Waals surface area contributed by atoms with Crippen LogP contribution in [-0.2, 0) is 11.7 Å². The van der Waals surface area contributed by atoms with E-state index in [1.165, 1.54) is 10.6 Å². The zero-order chi connectivity index (χ0) is 26.4. The fourth-order valence-corrected chi connectivity index (χ4v) is 4.11. The van der Waals surface area contributed by atoms with Crippen molar-refractivity contribution in [2.45, 2.75) is 51.4 Å². The normalized spacial score (nSPS) is 16.8. The van der Waals surface area contributed by atoms with Crippen molar-refractivity contribution in [1.29, 1.82) is 0 Å². The van der Waals surface area contributed by atoms with E-state index in [0.717, 1.165) is 25.2 Å². The Balaban J connectivity index is 1.34. The zero-order valence-corrected chi connectivity index (χ0v) is 20.4. The fourth-order valence-electron chi connectivity index (χ4n) is 4.11. The molecule has 1 amide bonds. The summed E-state index contributed by atoms with van der Waals surface area (Å²) < 4.78 is 42.5. The van der Waals surface area contributed by atoms with Gasteiger partial charge in [-0.2, -0.15) is 13.2 Å². The minimum atomic E-state index is -4.59. The number of nitrogens with zero attached hydrogens (tertiary/aromatic N) is 9. The number of anilines is 1. The molecule has 5 rings (SSSR count). The van der Waals surface area contributed by atoms with Gasteiger partial charge in [0.15, 0.2) is 22.9 Å². The van der Waals surface area contributed by atoms with E-state index < -0.39 is 11.9 Å². The summed E-state index contributed by atoms with van der Waals surface area (Å²) in [4.78, 5) is 31.2. The lowest BCUT2D eigenvalue weighted by molar-refractivity contribution is -0.141. The summed E-state index contributed by atoms with van der Waals surface area (Å²) in [5.74, 6) is 0.530. The molecule has 4 aromatic heterocycles. The summed E-state index contributed by atoms with van der Waals surface area (Å²) in [6.45, 7) is 7.12. The van der Waals surface area contributed by atoms with E-state index in [4.69, 9.17) is 0 Å². The molecule has 0 unspecified atom stereocenters. The van der Waals surface area contributed by atoms with Crippen molar-refractivity contribution in [2.75, 3.05) is 18.0 Å². The molecular weight excluding hydrogens is 489 g/mol. The second-order valence-electron chi connectivity index (χ2n) is 9.86. The molecule has 0 spiro atoms. The molecule has 194 valence electrons. The van der Waals surface area contributed by atoms with Gasteiger partial charge in [0.2, 0.25) is 0 Å². The van der Waals surface area contributed by atoms with Gasteiger partial charge >= 0.3 is 6.18 Å². The van der Waals surface area contributed by atoms with Crippen molar-refractivity contribution in [3.05, 3.63) is 48.4 Å². The van der Waals surface area contributed by atoms with E-state index >= 15 is 0 Å². The number of imidazole rings is 1. The molecule has 0 aromatic carbocycles. The van der Waals surface area contributed by atoms with Crippen LogP contribution >= 0.6 is 0 Å². The summed E-state index contributed by atoms with van der Waals surface area (Å²) in [5, 5.41) is 11.1. The number of piperidine rings is 1. The minimum Gasteiger partial charge on any atom is -0.354 e. The number of halogens is 3. The Labute approximate surface area is 209 Å². The predicted molar refractivity (Wildman–Crippen MR) is 127 cm³/mol. The highest BCUT2D eigenvalue weighted by atomic mass is 19.4. The topological polar surface area (TPSA) is 119 Å². The molecule has 1 saturated heterocycles. The number of carbonyl (C=O) groups is 1. The summed E-state index contributed by atoms with van der Waals surface area (Å²) in [6.07, 6.45) is 3.55. The van der Waals surface area contributed by atoms with Gasteiger partial charge in [-0.05, 0) is 39.7 Å². The van der Waals surface area contributed by atoms with Crippen LogP contribution < -0.4 is 10.2 Å². The Morgan fingerprint density at radius 1 is 1.11 bits per heavy atom. The molecule has 0 saturated carbocycles. The van der Waals surface area contributed by atoms with Crippen LogP contribution in [0.3, 0.4) is 0 Å². The molecule has 1 fully saturated rings. The second-order valence-corrected chi connectivity index (χ2v) is 9.86. The number of hydrogen-bond acceptors (Lipinski definition) is 8. The number of amides is 1. The maximum Gasteiger partial charge on any atom is 0.434 e. The van der Waals surface area contributed by atoms with E-state index in [2.05, 4.69) is 35.6 Å². The van der Waals surface area contributed by atoms with Crippen molar-refractivity contribution < 1.29 is 18.0 Å². The molecule has 0 aliphatic carbocycles. The first kappa shape index (κ1) is 24.6. The van der Waals surface area contributed by atoms with E-state index in [1.807, 2.05) is 25.7 Å². The number of alkyl halides is 3. The lowest BCUT2D eigenvalue weighted by Crippen LogP contribution is -2.48. The Morgan fingerprint density at radius 2 is 1.92 bits per heavy atom. The van der Waals surface area contributed by atoms with Gasteiger partial charge in [0, 0.05) is 31.5 Å². The van der Waals surface area contributed by atoms with Crippen molar-refractivity contribution in [3.63, 3.8) is 0 Å². The zero-order valence-electron chi connectivity index (χ0n) is 20.4. The lowest BCUT2D eigenvalue weighted by Gasteiger charge is -2.33. The van der Waals surface area contributed by atoms with Crippen molar-refractivity contribution in [3.8, 4) is 11.5 Å². The molecular formula is C23H25F3N10O. The molecule has 11 nitrogen and oxygen atoms in total. The van der Waals surface area contributed by atoms with Gasteiger partial charge in [0.1, 0.15) is 11.5 Å². The van der Waals surface area contributed by atoms with E-state index in [1.54, 1.807) is 23.1 Å². The third kappa shape index (κ3) is 5.08. The summed E-state index contributed by atoms with van der Waals surface area (Å²) in [7, 11) is 0. The van der Waals surface area contributed by atoms with Crippen LogP contribution in [0, 0.1) is 0 Å². The van der Waals surface area contributed by atoms with Crippen LogP contribution in [-0.4, -0.2) is 64.4 Å². The molecule has 1 aliphatic rings. The first-order valence-electron chi connectivity index (χ1n) is 11.7. The largest absolute Gasteiger partial charge is 0.434 e. The molecule has 5 heterocycles. The highest BCUT2D eigenvalue weighted by Crippen LogP contribution is 2.29. The Bertz CT molecular complexity index is 1440. The molecule has 14 heteroatoms. The van der Waals surface area contributed by atoms with Gasteiger partial charge in [-0.1, -0.05) is 5.21 Å². The van der Waals surface area contributed by atoms with Gasteiger partial charge in [0.05, 0.1) is 24.1 Å². The number of rotatable bonds is 4. The third-order valence-electron chi connectivity index (χ3n) is 6.05. The van der Waals surface area contributed by atoms with E-state index in [9.17, 15) is 18.0 Å².